The minimum Gasteiger partial charge on any atom is -0.508 e. The van der Waals surface area contributed by atoms with Gasteiger partial charge in [-0.25, -0.2) is 4.79 Å². The summed E-state index contributed by atoms with van der Waals surface area (Å²) in [6.45, 7) is 4.13. The monoisotopic (exact) mass is 439 g/mol. The second-order valence-electron chi connectivity index (χ2n) is 8.63. The van der Waals surface area contributed by atoms with E-state index in [0.717, 1.165) is 56.0 Å². The molecule has 0 aromatic heterocycles. The first kappa shape index (κ1) is 22.3. The summed E-state index contributed by atoms with van der Waals surface area (Å²) in [5.74, 6) is 1.45. The third kappa shape index (κ3) is 5.65. The molecule has 0 bridgehead atoms. The first-order valence-corrected chi connectivity index (χ1v) is 11.4. The second-order valence-corrected chi connectivity index (χ2v) is 8.63. The average Bonchev–Trinajstić information content (AvgIpc) is 3.51. The smallest absolute Gasteiger partial charge is 0.317 e. The van der Waals surface area contributed by atoms with Gasteiger partial charge in [-0.05, 0) is 43.4 Å². The van der Waals surface area contributed by atoms with Crippen molar-refractivity contribution < 1.29 is 19.4 Å². The molecule has 2 aliphatic rings. The molecule has 7 heteroatoms. The Labute approximate surface area is 189 Å². The number of anilines is 1. The van der Waals surface area contributed by atoms with E-state index in [2.05, 4.69) is 22.3 Å². The molecule has 2 amide bonds. The van der Waals surface area contributed by atoms with Crippen LogP contribution in [-0.2, 0) is 11.3 Å². The number of hydrogen-bond donors (Lipinski definition) is 2. The highest BCUT2D eigenvalue weighted by Gasteiger charge is 2.26. The highest BCUT2D eigenvalue weighted by atomic mass is 16.5. The zero-order valence-electron chi connectivity index (χ0n) is 18.7. The Balaban J connectivity index is 1.33. The van der Waals surface area contributed by atoms with Crippen LogP contribution in [0.5, 0.6) is 11.5 Å². The molecule has 2 fully saturated rings. The van der Waals surface area contributed by atoms with Crippen molar-refractivity contribution in [2.75, 3.05) is 44.8 Å². The molecular formula is C25H33N3O4. The first-order valence-electron chi connectivity index (χ1n) is 11.4. The third-order valence-electron chi connectivity index (χ3n) is 6.33. The van der Waals surface area contributed by atoms with Crippen molar-refractivity contribution in [3.05, 3.63) is 54.1 Å². The number of urea groups is 1. The summed E-state index contributed by atoms with van der Waals surface area (Å²) in [7, 11) is 1.68. The van der Waals surface area contributed by atoms with Crippen molar-refractivity contribution in [2.24, 2.45) is 5.92 Å². The van der Waals surface area contributed by atoms with E-state index in [4.69, 9.17) is 9.47 Å². The number of carbonyl (C=O) groups excluding carboxylic acids is 1. The second kappa shape index (κ2) is 10.6. The number of benzene rings is 2. The Bertz CT molecular complexity index is 900. The van der Waals surface area contributed by atoms with E-state index in [9.17, 15) is 9.90 Å². The van der Waals surface area contributed by atoms with Crippen molar-refractivity contribution >= 4 is 11.7 Å². The van der Waals surface area contributed by atoms with Gasteiger partial charge in [0.15, 0.2) is 0 Å². The molecule has 4 rings (SSSR count). The van der Waals surface area contributed by atoms with Gasteiger partial charge in [0.25, 0.3) is 0 Å². The van der Waals surface area contributed by atoms with Crippen LogP contribution in [0.25, 0.3) is 0 Å². The molecule has 2 aliphatic heterocycles. The summed E-state index contributed by atoms with van der Waals surface area (Å²) in [5, 5.41) is 13.3. The highest BCUT2D eigenvalue weighted by molar-refractivity contribution is 5.74. The molecule has 2 heterocycles. The summed E-state index contributed by atoms with van der Waals surface area (Å²) in [6, 6.07) is 15.2. The molecule has 2 aromatic rings. The Morgan fingerprint density at radius 2 is 2.12 bits per heavy atom. The maximum atomic E-state index is 13.1. The van der Waals surface area contributed by atoms with Gasteiger partial charge >= 0.3 is 6.03 Å². The van der Waals surface area contributed by atoms with Crippen molar-refractivity contribution in [3.8, 4) is 11.5 Å². The molecule has 2 unspecified atom stereocenters. The summed E-state index contributed by atoms with van der Waals surface area (Å²) in [4.78, 5) is 17.2. The molecule has 0 spiro atoms. The molecule has 0 radical (unpaired) electrons. The largest absolute Gasteiger partial charge is 0.508 e. The van der Waals surface area contributed by atoms with Crippen molar-refractivity contribution in [1.82, 2.24) is 10.2 Å². The minimum atomic E-state index is -0.108. The number of methoxy groups -OCH3 is 1. The number of nitrogens with zero attached hydrogens (tertiary/aromatic N) is 2. The lowest BCUT2D eigenvalue weighted by atomic mass is 10.1. The maximum absolute atomic E-state index is 13.1. The van der Waals surface area contributed by atoms with Crippen LogP contribution < -0.4 is 15.0 Å². The number of amides is 2. The van der Waals surface area contributed by atoms with Crippen LogP contribution in [0.15, 0.2) is 48.5 Å². The van der Waals surface area contributed by atoms with Gasteiger partial charge in [0.1, 0.15) is 11.5 Å². The maximum Gasteiger partial charge on any atom is 0.317 e. The van der Waals surface area contributed by atoms with Crippen LogP contribution in [0.1, 0.15) is 24.8 Å². The zero-order chi connectivity index (χ0) is 22.3. The van der Waals surface area contributed by atoms with Crippen LogP contribution in [0, 0.1) is 5.92 Å². The third-order valence-corrected chi connectivity index (χ3v) is 6.33. The van der Waals surface area contributed by atoms with Gasteiger partial charge in [0.2, 0.25) is 0 Å². The number of carbonyl (C=O) groups is 1. The SMILES string of the molecule is COc1cccc(N2CCC(CNC(=O)N(Cc3ccccc3O)CC3CCCO3)C2)c1. The average molecular weight is 440 g/mol. The number of phenols is 1. The van der Waals surface area contributed by atoms with E-state index >= 15 is 0 Å². The highest BCUT2D eigenvalue weighted by Crippen LogP contribution is 2.27. The first-order chi connectivity index (χ1) is 15.6. The normalized spacial score (nSPS) is 20.3. The number of hydrogen-bond acceptors (Lipinski definition) is 5. The summed E-state index contributed by atoms with van der Waals surface area (Å²) in [6.07, 6.45) is 3.08. The zero-order valence-corrected chi connectivity index (χ0v) is 18.7. The molecule has 0 aliphatic carbocycles. The predicted molar refractivity (Wildman–Crippen MR) is 124 cm³/mol. The lowest BCUT2D eigenvalue weighted by Gasteiger charge is -2.27. The topological polar surface area (TPSA) is 74.3 Å². The van der Waals surface area contributed by atoms with Crippen LogP contribution in [0.3, 0.4) is 0 Å². The Morgan fingerprint density at radius 1 is 1.25 bits per heavy atom. The molecule has 32 heavy (non-hydrogen) atoms. The van der Waals surface area contributed by atoms with Gasteiger partial charge in [-0.15, -0.1) is 0 Å². The van der Waals surface area contributed by atoms with E-state index in [1.165, 1.54) is 0 Å². The van der Waals surface area contributed by atoms with E-state index < -0.39 is 0 Å². The molecule has 2 atom stereocenters. The van der Waals surface area contributed by atoms with Gasteiger partial charge < -0.3 is 29.7 Å². The van der Waals surface area contributed by atoms with E-state index in [0.29, 0.717) is 25.6 Å². The van der Waals surface area contributed by atoms with Crippen LogP contribution in [0.2, 0.25) is 0 Å². The number of phenolic OH excluding ortho intramolecular Hbond substituents is 1. The molecular weight excluding hydrogens is 406 g/mol. The number of nitrogens with one attached hydrogen (secondary N) is 1. The van der Waals surface area contributed by atoms with E-state index in [1.54, 1.807) is 24.1 Å². The lowest BCUT2D eigenvalue weighted by molar-refractivity contribution is 0.0791. The molecule has 0 saturated carbocycles. The molecule has 7 nitrogen and oxygen atoms in total. The molecule has 2 aromatic carbocycles. The van der Waals surface area contributed by atoms with Crippen LogP contribution in [-0.4, -0.2) is 62.0 Å². The minimum absolute atomic E-state index is 0.0571. The van der Waals surface area contributed by atoms with E-state index in [-0.39, 0.29) is 17.9 Å². The van der Waals surface area contributed by atoms with Gasteiger partial charge in [-0.1, -0.05) is 24.3 Å². The molecule has 172 valence electrons. The number of rotatable bonds is 8. The summed E-state index contributed by atoms with van der Waals surface area (Å²) in [5.41, 5.74) is 1.89. The van der Waals surface area contributed by atoms with Crippen molar-refractivity contribution in [1.29, 1.82) is 0 Å². The number of para-hydroxylation sites is 1. The Hall–Kier alpha value is -2.93. The van der Waals surface area contributed by atoms with Crippen molar-refractivity contribution in [3.63, 3.8) is 0 Å². The van der Waals surface area contributed by atoms with Gasteiger partial charge in [0.05, 0.1) is 19.8 Å². The van der Waals surface area contributed by atoms with Gasteiger partial charge in [-0.3, -0.25) is 0 Å². The summed E-state index contributed by atoms with van der Waals surface area (Å²) >= 11 is 0. The Kier molecular flexibility index (Phi) is 7.37. The fourth-order valence-electron chi connectivity index (χ4n) is 4.49. The number of ether oxygens (including phenoxy) is 2. The van der Waals surface area contributed by atoms with Crippen molar-refractivity contribution in [2.45, 2.75) is 31.9 Å². The Morgan fingerprint density at radius 3 is 2.91 bits per heavy atom. The standard InChI is InChI=1S/C25H33N3O4/c1-31-22-8-4-7-21(14-22)27-12-11-19(16-27)15-26-25(30)28(18-23-9-5-13-32-23)17-20-6-2-3-10-24(20)29/h2-4,6-8,10,14,19,23,29H,5,9,11-13,15-18H2,1H3,(H,26,30). The summed E-state index contributed by atoms with van der Waals surface area (Å²) < 4.78 is 11.1. The number of aromatic hydroxyl groups is 1. The van der Waals surface area contributed by atoms with Gasteiger partial charge in [-0.2, -0.15) is 0 Å². The lowest BCUT2D eigenvalue weighted by Crippen LogP contribution is -2.44. The predicted octanol–water partition coefficient (Wildman–Crippen LogP) is 3.62. The quantitative estimate of drug-likeness (QED) is 0.657. The van der Waals surface area contributed by atoms with E-state index in [1.807, 2.05) is 24.3 Å². The fourth-order valence-corrected chi connectivity index (χ4v) is 4.49. The molecule has 2 N–H and O–H groups in total. The van der Waals surface area contributed by atoms with Gasteiger partial charge in [0, 0.05) is 50.1 Å². The van der Waals surface area contributed by atoms with Crippen LogP contribution >= 0.6 is 0 Å². The fraction of sp³-hybridized carbons (Fsp3) is 0.480. The van der Waals surface area contributed by atoms with Crippen LogP contribution in [0.4, 0.5) is 10.5 Å². The molecule has 2 saturated heterocycles.